The summed E-state index contributed by atoms with van der Waals surface area (Å²) in [6, 6.07) is 5.94. The number of sulfonamides is 1. The lowest BCUT2D eigenvalue weighted by atomic mass is 10.2. The molecule has 0 unspecified atom stereocenters. The molecule has 2 N–H and O–H groups in total. The van der Waals surface area contributed by atoms with Gasteiger partial charge in [-0.15, -0.1) is 0 Å². The van der Waals surface area contributed by atoms with Crippen LogP contribution < -0.4 is 4.72 Å². The third-order valence-corrected chi connectivity index (χ3v) is 3.97. The van der Waals surface area contributed by atoms with E-state index in [-0.39, 0.29) is 17.2 Å². The van der Waals surface area contributed by atoms with Gasteiger partial charge in [0.05, 0.1) is 11.1 Å². The van der Waals surface area contributed by atoms with Crippen molar-refractivity contribution in [3.05, 3.63) is 47.8 Å². The molecule has 0 aliphatic heterocycles. The van der Waals surface area contributed by atoms with Crippen molar-refractivity contribution in [2.45, 2.75) is 18.4 Å². The summed E-state index contributed by atoms with van der Waals surface area (Å²) in [5, 5.41) is 6.33. The van der Waals surface area contributed by atoms with Gasteiger partial charge in [-0.2, -0.15) is 5.10 Å². The molecular formula is C12H13N3O3S. The fourth-order valence-electron chi connectivity index (χ4n) is 1.52. The molecule has 0 aliphatic carbocycles. The fraction of sp³-hybridized carbons (Fsp3) is 0.167. The van der Waals surface area contributed by atoms with E-state index in [1.807, 2.05) is 0 Å². The van der Waals surface area contributed by atoms with Crippen LogP contribution in [0, 0.1) is 0 Å². The van der Waals surface area contributed by atoms with Crippen molar-refractivity contribution in [1.29, 1.82) is 0 Å². The number of nitrogens with one attached hydrogen (secondary N) is 2. The summed E-state index contributed by atoms with van der Waals surface area (Å²) >= 11 is 0. The molecule has 2 aromatic rings. The van der Waals surface area contributed by atoms with E-state index in [0.717, 1.165) is 5.56 Å². The number of carbonyl (C=O) groups excluding carboxylic acids is 1. The Kier molecular flexibility index (Phi) is 3.77. The lowest BCUT2D eigenvalue weighted by Crippen LogP contribution is -2.23. The van der Waals surface area contributed by atoms with E-state index >= 15 is 0 Å². The van der Waals surface area contributed by atoms with Crippen molar-refractivity contribution < 1.29 is 13.2 Å². The van der Waals surface area contributed by atoms with Crippen molar-refractivity contribution >= 4 is 15.8 Å². The molecule has 7 heteroatoms. The number of nitrogens with zero attached hydrogens (tertiary/aromatic N) is 1. The Labute approximate surface area is 110 Å². The summed E-state index contributed by atoms with van der Waals surface area (Å²) in [5.74, 6) is -0.174. The van der Waals surface area contributed by atoms with Gasteiger partial charge in [0.25, 0.3) is 0 Å². The Bertz CT molecular complexity index is 678. The minimum atomic E-state index is -3.64. The topological polar surface area (TPSA) is 91.9 Å². The molecule has 1 aromatic carbocycles. The predicted molar refractivity (Wildman–Crippen MR) is 69.1 cm³/mol. The number of H-pyrrole nitrogens is 1. The molecule has 100 valence electrons. The SMILES string of the molecule is CC(=O)c1cccc(S(=O)(=O)NCc2cn[nH]c2)c1. The van der Waals surface area contributed by atoms with Crippen LogP contribution in [0.1, 0.15) is 22.8 Å². The van der Waals surface area contributed by atoms with Crippen molar-refractivity contribution in [3.63, 3.8) is 0 Å². The molecule has 0 radical (unpaired) electrons. The van der Waals surface area contributed by atoms with E-state index in [2.05, 4.69) is 14.9 Å². The second-order valence-corrected chi connectivity index (χ2v) is 5.78. The van der Waals surface area contributed by atoms with Crippen LogP contribution in [-0.4, -0.2) is 24.4 Å². The number of hydrogen-bond acceptors (Lipinski definition) is 4. The van der Waals surface area contributed by atoms with Crippen LogP contribution in [0.25, 0.3) is 0 Å². The minimum Gasteiger partial charge on any atom is -0.295 e. The number of benzene rings is 1. The van der Waals surface area contributed by atoms with Crippen molar-refractivity contribution in [1.82, 2.24) is 14.9 Å². The smallest absolute Gasteiger partial charge is 0.240 e. The quantitative estimate of drug-likeness (QED) is 0.801. The largest absolute Gasteiger partial charge is 0.295 e. The highest BCUT2D eigenvalue weighted by Gasteiger charge is 2.15. The van der Waals surface area contributed by atoms with Gasteiger partial charge in [0, 0.05) is 23.9 Å². The first kappa shape index (κ1) is 13.4. The molecule has 2 rings (SSSR count). The Hall–Kier alpha value is -1.99. The summed E-state index contributed by atoms with van der Waals surface area (Å²) in [6.07, 6.45) is 3.14. The zero-order chi connectivity index (χ0) is 13.9. The summed E-state index contributed by atoms with van der Waals surface area (Å²) in [7, 11) is -3.64. The van der Waals surface area contributed by atoms with Crippen LogP contribution in [0.3, 0.4) is 0 Å². The first-order chi connectivity index (χ1) is 8.99. The first-order valence-corrected chi connectivity index (χ1v) is 7.06. The highest BCUT2D eigenvalue weighted by molar-refractivity contribution is 7.89. The van der Waals surface area contributed by atoms with Gasteiger partial charge in [-0.05, 0) is 19.1 Å². The third-order valence-electron chi connectivity index (χ3n) is 2.57. The Morgan fingerprint density at radius 3 is 2.84 bits per heavy atom. The van der Waals surface area contributed by atoms with Gasteiger partial charge in [0.15, 0.2) is 5.78 Å². The van der Waals surface area contributed by atoms with E-state index in [4.69, 9.17) is 0 Å². The van der Waals surface area contributed by atoms with Gasteiger partial charge in [-0.3, -0.25) is 9.89 Å². The maximum absolute atomic E-state index is 12.0. The molecule has 1 heterocycles. The molecular weight excluding hydrogens is 266 g/mol. The average Bonchev–Trinajstić information content (AvgIpc) is 2.90. The number of carbonyl (C=O) groups is 1. The molecule has 0 bridgehead atoms. The average molecular weight is 279 g/mol. The van der Waals surface area contributed by atoms with Crippen LogP contribution in [0.2, 0.25) is 0 Å². The van der Waals surface area contributed by atoms with Crippen LogP contribution >= 0.6 is 0 Å². The third kappa shape index (κ3) is 3.27. The number of ketones is 1. The van der Waals surface area contributed by atoms with Crippen molar-refractivity contribution in [2.24, 2.45) is 0 Å². The molecule has 0 aliphatic rings. The van der Waals surface area contributed by atoms with Gasteiger partial charge < -0.3 is 0 Å². The number of aromatic amines is 1. The highest BCUT2D eigenvalue weighted by Crippen LogP contribution is 2.12. The second kappa shape index (κ2) is 5.33. The molecule has 0 spiro atoms. The Morgan fingerprint density at radius 2 is 2.21 bits per heavy atom. The maximum atomic E-state index is 12.0. The number of rotatable bonds is 5. The molecule has 0 saturated heterocycles. The van der Waals surface area contributed by atoms with Gasteiger partial charge in [0.1, 0.15) is 0 Å². The molecule has 0 atom stereocenters. The molecule has 19 heavy (non-hydrogen) atoms. The molecule has 6 nitrogen and oxygen atoms in total. The van der Waals surface area contributed by atoms with Gasteiger partial charge >= 0.3 is 0 Å². The lowest BCUT2D eigenvalue weighted by molar-refractivity contribution is 0.101. The zero-order valence-electron chi connectivity index (χ0n) is 10.3. The summed E-state index contributed by atoms with van der Waals surface area (Å²) in [4.78, 5) is 11.3. The van der Waals surface area contributed by atoms with Crippen LogP contribution in [-0.2, 0) is 16.6 Å². The zero-order valence-corrected chi connectivity index (χ0v) is 11.1. The summed E-state index contributed by atoms with van der Waals surface area (Å²) in [5.41, 5.74) is 1.09. The monoisotopic (exact) mass is 279 g/mol. The van der Waals surface area contributed by atoms with Crippen LogP contribution in [0.5, 0.6) is 0 Å². The number of hydrogen-bond donors (Lipinski definition) is 2. The minimum absolute atomic E-state index is 0.0729. The van der Waals surface area contributed by atoms with Gasteiger partial charge in [-0.25, -0.2) is 13.1 Å². The van der Waals surface area contributed by atoms with E-state index in [0.29, 0.717) is 5.56 Å². The maximum Gasteiger partial charge on any atom is 0.240 e. The lowest BCUT2D eigenvalue weighted by Gasteiger charge is -2.06. The van der Waals surface area contributed by atoms with Gasteiger partial charge in [0.2, 0.25) is 10.0 Å². The Morgan fingerprint density at radius 1 is 1.42 bits per heavy atom. The van der Waals surface area contributed by atoms with E-state index in [9.17, 15) is 13.2 Å². The summed E-state index contributed by atoms with van der Waals surface area (Å²) in [6.45, 7) is 1.54. The molecule has 0 amide bonds. The van der Waals surface area contributed by atoms with E-state index in [1.54, 1.807) is 18.3 Å². The highest BCUT2D eigenvalue weighted by atomic mass is 32.2. The second-order valence-electron chi connectivity index (χ2n) is 4.02. The van der Waals surface area contributed by atoms with Crippen molar-refractivity contribution in [2.75, 3.05) is 0 Å². The van der Waals surface area contributed by atoms with Crippen LogP contribution in [0.4, 0.5) is 0 Å². The van der Waals surface area contributed by atoms with Crippen LogP contribution in [0.15, 0.2) is 41.6 Å². The predicted octanol–water partition coefficient (Wildman–Crippen LogP) is 1.09. The standard InChI is InChI=1S/C12H13N3O3S/c1-9(16)11-3-2-4-12(5-11)19(17,18)15-8-10-6-13-14-7-10/h2-7,15H,8H2,1H3,(H,13,14). The summed E-state index contributed by atoms with van der Waals surface area (Å²) < 4.78 is 26.5. The normalized spacial score (nSPS) is 11.4. The molecule has 0 saturated carbocycles. The molecule has 0 fully saturated rings. The van der Waals surface area contributed by atoms with E-state index < -0.39 is 10.0 Å². The van der Waals surface area contributed by atoms with Gasteiger partial charge in [-0.1, -0.05) is 12.1 Å². The first-order valence-electron chi connectivity index (χ1n) is 5.57. The number of Topliss-reactive ketones (excluding diaryl/α,β-unsaturated/α-hetero) is 1. The molecule has 1 aromatic heterocycles. The number of aromatic nitrogens is 2. The Balaban J connectivity index is 2.19. The van der Waals surface area contributed by atoms with Crippen molar-refractivity contribution in [3.8, 4) is 0 Å². The van der Waals surface area contributed by atoms with E-state index in [1.165, 1.54) is 25.3 Å². The fourth-order valence-corrected chi connectivity index (χ4v) is 2.58.